The minimum atomic E-state index is -1.05. The molecule has 19 heavy (non-hydrogen) atoms. The molecule has 0 aliphatic rings. The molecule has 1 rings (SSSR count). The van der Waals surface area contributed by atoms with Crippen molar-refractivity contribution in [2.24, 2.45) is 0 Å². The van der Waals surface area contributed by atoms with E-state index < -0.39 is 5.97 Å². The van der Waals surface area contributed by atoms with E-state index in [2.05, 4.69) is 5.32 Å². The Labute approximate surface area is 112 Å². The average molecular weight is 265 g/mol. The summed E-state index contributed by atoms with van der Waals surface area (Å²) in [4.78, 5) is 22.6. The first-order valence-electron chi connectivity index (χ1n) is 6.34. The van der Waals surface area contributed by atoms with E-state index in [-0.39, 0.29) is 17.6 Å². The standard InChI is InChI=1S/C14H19NO4/c1-2-12(16)7-4-8-15-13(17)10-5-3-6-11(9-10)14(18)19/h3,5-6,9,12,16H,2,4,7-8H2,1H3,(H,15,17)(H,18,19). The molecule has 0 aliphatic carbocycles. The molecule has 0 heterocycles. The smallest absolute Gasteiger partial charge is 0.335 e. The number of aliphatic hydroxyl groups excluding tert-OH is 1. The van der Waals surface area contributed by atoms with Gasteiger partial charge in [-0.15, -0.1) is 0 Å². The molecule has 0 fully saturated rings. The second kappa shape index (κ2) is 7.53. The summed E-state index contributed by atoms with van der Waals surface area (Å²) in [5, 5.41) is 20.9. The van der Waals surface area contributed by atoms with Crippen molar-refractivity contribution in [3.05, 3.63) is 35.4 Å². The van der Waals surface area contributed by atoms with Crippen molar-refractivity contribution < 1.29 is 19.8 Å². The summed E-state index contributed by atoms with van der Waals surface area (Å²) >= 11 is 0. The molecule has 0 saturated heterocycles. The third kappa shape index (κ3) is 5.09. The van der Waals surface area contributed by atoms with Crippen LogP contribution in [0.25, 0.3) is 0 Å². The number of amides is 1. The van der Waals surface area contributed by atoms with Gasteiger partial charge in [-0.3, -0.25) is 4.79 Å². The molecule has 0 aliphatic heterocycles. The fourth-order valence-corrected chi connectivity index (χ4v) is 1.64. The van der Waals surface area contributed by atoms with Crippen molar-refractivity contribution in [1.29, 1.82) is 0 Å². The Morgan fingerprint density at radius 3 is 2.63 bits per heavy atom. The molecule has 0 spiro atoms. The lowest BCUT2D eigenvalue weighted by Crippen LogP contribution is -2.25. The van der Waals surface area contributed by atoms with Crippen molar-refractivity contribution in [2.45, 2.75) is 32.3 Å². The molecule has 1 unspecified atom stereocenters. The van der Waals surface area contributed by atoms with Crippen molar-refractivity contribution in [1.82, 2.24) is 5.32 Å². The Morgan fingerprint density at radius 1 is 1.32 bits per heavy atom. The molecule has 5 heteroatoms. The molecule has 0 aromatic heterocycles. The van der Waals surface area contributed by atoms with E-state index in [1.807, 2.05) is 6.92 Å². The predicted molar refractivity (Wildman–Crippen MR) is 71.3 cm³/mol. The van der Waals surface area contributed by atoms with Gasteiger partial charge in [0.05, 0.1) is 11.7 Å². The lowest BCUT2D eigenvalue weighted by Gasteiger charge is -2.08. The molecular weight excluding hydrogens is 246 g/mol. The number of aliphatic hydroxyl groups is 1. The summed E-state index contributed by atoms with van der Waals surface area (Å²) in [6.07, 6.45) is 1.71. The van der Waals surface area contributed by atoms with Gasteiger partial charge in [0.2, 0.25) is 0 Å². The van der Waals surface area contributed by atoms with Crippen molar-refractivity contribution >= 4 is 11.9 Å². The van der Waals surface area contributed by atoms with E-state index in [4.69, 9.17) is 5.11 Å². The summed E-state index contributed by atoms with van der Waals surface area (Å²) < 4.78 is 0. The average Bonchev–Trinajstić information content (AvgIpc) is 2.43. The van der Waals surface area contributed by atoms with E-state index in [9.17, 15) is 14.7 Å². The lowest BCUT2D eigenvalue weighted by atomic mass is 10.1. The van der Waals surface area contributed by atoms with Crippen LogP contribution >= 0.6 is 0 Å². The van der Waals surface area contributed by atoms with Gasteiger partial charge in [0, 0.05) is 12.1 Å². The second-order valence-corrected chi connectivity index (χ2v) is 4.35. The summed E-state index contributed by atoms with van der Waals surface area (Å²) in [5.41, 5.74) is 0.421. The van der Waals surface area contributed by atoms with Crippen LogP contribution in [0.3, 0.4) is 0 Å². The maximum atomic E-state index is 11.8. The Balaban J connectivity index is 2.45. The maximum Gasteiger partial charge on any atom is 0.335 e. The van der Waals surface area contributed by atoms with Crippen LogP contribution < -0.4 is 5.32 Å². The number of carbonyl (C=O) groups excluding carboxylic acids is 1. The minimum Gasteiger partial charge on any atom is -0.478 e. The number of hydrogen-bond donors (Lipinski definition) is 3. The van der Waals surface area contributed by atoms with Gasteiger partial charge in [-0.2, -0.15) is 0 Å². The highest BCUT2D eigenvalue weighted by Crippen LogP contribution is 2.06. The van der Waals surface area contributed by atoms with Gasteiger partial charge in [0.25, 0.3) is 5.91 Å². The molecule has 1 amide bonds. The number of carboxylic acid groups (broad SMARTS) is 1. The Hall–Kier alpha value is -1.88. The van der Waals surface area contributed by atoms with Crippen LogP contribution in [-0.2, 0) is 0 Å². The summed E-state index contributed by atoms with van der Waals surface area (Å²) in [6.45, 7) is 2.37. The van der Waals surface area contributed by atoms with E-state index in [1.54, 1.807) is 12.1 Å². The van der Waals surface area contributed by atoms with E-state index in [1.165, 1.54) is 12.1 Å². The van der Waals surface area contributed by atoms with Crippen LogP contribution in [0.1, 0.15) is 46.9 Å². The summed E-state index contributed by atoms with van der Waals surface area (Å²) in [7, 11) is 0. The first-order valence-corrected chi connectivity index (χ1v) is 6.34. The normalized spacial score (nSPS) is 11.9. The largest absolute Gasteiger partial charge is 0.478 e. The number of aromatic carboxylic acids is 1. The van der Waals surface area contributed by atoms with E-state index in [0.29, 0.717) is 31.4 Å². The number of rotatable bonds is 7. The van der Waals surface area contributed by atoms with Gasteiger partial charge < -0.3 is 15.5 Å². The number of benzene rings is 1. The predicted octanol–water partition coefficient (Wildman–Crippen LogP) is 1.67. The van der Waals surface area contributed by atoms with Gasteiger partial charge in [-0.1, -0.05) is 13.0 Å². The van der Waals surface area contributed by atoms with Gasteiger partial charge in [-0.25, -0.2) is 4.79 Å². The summed E-state index contributed by atoms with van der Waals surface area (Å²) in [5.74, 6) is -1.35. The van der Waals surface area contributed by atoms with Gasteiger partial charge in [-0.05, 0) is 37.5 Å². The molecule has 1 atom stereocenters. The van der Waals surface area contributed by atoms with Crippen molar-refractivity contribution in [3.8, 4) is 0 Å². The van der Waals surface area contributed by atoms with Crippen molar-refractivity contribution in [2.75, 3.05) is 6.54 Å². The Morgan fingerprint density at radius 2 is 2.00 bits per heavy atom. The van der Waals surface area contributed by atoms with Crippen LogP contribution in [0.2, 0.25) is 0 Å². The van der Waals surface area contributed by atoms with Crippen LogP contribution in [0.15, 0.2) is 24.3 Å². The maximum absolute atomic E-state index is 11.8. The molecule has 1 aromatic rings. The third-order valence-electron chi connectivity index (χ3n) is 2.84. The fraction of sp³-hybridized carbons (Fsp3) is 0.429. The monoisotopic (exact) mass is 265 g/mol. The summed E-state index contributed by atoms with van der Waals surface area (Å²) in [6, 6.07) is 5.90. The molecule has 0 bridgehead atoms. The highest BCUT2D eigenvalue weighted by atomic mass is 16.4. The second-order valence-electron chi connectivity index (χ2n) is 4.35. The number of carbonyl (C=O) groups is 2. The zero-order valence-electron chi connectivity index (χ0n) is 10.9. The molecule has 0 radical (unpaired) electrons. The zero-order valence-corrected chi connectivity index (χ0v) is 10.9. The zero-order chi connectivity index (χ0) is 14.3. The molecule has 104 valence electrons. The quantitative estimate of drug-likeness (QED) is 0.654. The Bertz CT molecular complexity index is 445. The highest BCUT2D eigenvalue weighted by Gasteiger charge is 2.09. The first kappa shape index (κ1) is 15.2. The van der Waals surface area contributed by atoms with Crippen LogP contribution in [-0.4, -0.2) is 34.7 Å². The third-order valence-corrected chi connectivity index (χ3v) is 2.84. The molecule has 3 N–H and O–H groups in total. The molecule has 5 nitrogen and oxygen atoms in total. The molecule has 1 aromatic carbocycles. The number of hydrogen-bond acceptors (Lipinski definition) is 3. The van der Waals surface area contributed by atoms with E-state index in [0.717, 1.165) is 0 Å². The van der Waals surface area contributed by atoms with Crippen LogP contribution in [0, 0.1) is 0 Å². The highest BCUT2D eigenvalue weighted by molar-refractivity contribution is 5.97. The molecular formula is C14H19NO4. The lowest BCUT2D eigenvalue weighted by molar-refractivity contribution is 0.0697. The van der Waals surface area contributed by atoms with Crippen LogP contribution in [0.4, 0.5) is 0 Å². The van der Waals surface area contributed by atoms with Gasteiger partial charge in [0.15, 0.2) is 0 Å². The number of nitrogens with one attached hydrogen (secondary N) is 1. The topological polar surface area (TPSA) is 86.6 Å². The SMILES string of the molecule is CCC(O)CCCNC(=O)c1cccc(C(=O)O)c1. The minimum absolute atomic E-state index is 0.0917. The van der Waals surface area contributed by atoms with Gasteiger partial charge in [0.1, 0.15) is 0 Å². The van der Waals surface area contributed by atoms with Crippen LogP contribution in [0.5, 0.6) is 0 Å². The number of carboxylic acids is 1. The fourth-order valence-electron chi connectivity index (χ4n) is 1.64. The first-order chi connectivity index (χ1) is 9.04. The Kier molecular flexibility index (Phi) is 6.02. The van der Waals surface area contributed by atoms with E-state index >= 15 is 0 Å². The molecule has 0 saturated carbocycles. The van der Waals surface area contributed by atoms with Gasteiger partial charge >= 0.3 is 5.97 Å². The van der Waals surface area contributed by atoms with Crippen molar-refractivity contribution in [3.63, 3.8) is 0 Å².